The van der Waals surface area contributed by atoms with Crippen LogP contribution in [0.2, 0.25) is 0 Å². The van der Waals surface area contributed by atoms with E-state index < -0.39 is 0 Å². The molecule has 0 aromatic carbocycles. The number of aliphatic hydroxyl groups excluding tert-OH is 1. The molecule has 0 radical (unpaired) electrons. The van der Waals surface area contributed by atoms with Crippen LogP contribution in [0.25, 0.3) is 0 Å². The standard InChI is InChI=1S/C12H25NO/c1-12(2,3)8-9-13-10-6-4-5-7-11(10)14/h10-11,13-14H,4-9H2,1-3H3/t10-,11-/m1/s1. The van der Waals surface area contributed by atoms with Gasteiger partial charge in [0.05, 0.1) is 6.10 Å². The highest BCUT2D eigenvalue weighted by Crippen LogP contribution is 2.20. The van der Waals surface area contributed by atoms with Crippen molar-refractivity contribution in [3.8, 4) is 0 Å². The third kappa shape index (κ3) is 4.43. The monoisotopic (exact) mass is 199 g/mol. The number of hydrogen-bond acceptors (Lipinski definition) is 2. The number of aliphatic hydroxyl groups is 1. The van der Waals surface area contributed by atoms with Gasteiger partial charge in [-0.3, -0.25) is 0 Å². The molecule has 0 heterocycles. The molecule has 0 aromatic rings. The van der Waals surface area contributed by atoms with Gasteiger partial charge in [0.2, 0.25) is 0 Å². The maximum Gasteiger partial charge on any atom is 0.0693 e. The van der Waals surface area contributed by atoms with Crippen LogP contribution in [-0.2, 0) is 0 Å². The minimum atomic E-state index is -0.108. The molecule has 0 aliphatic heterocycles. The van der Waals surface area contributed by atoms with Crippen LogP contribution in [0.3, 0.4) is 0 Å². The summed E-state index contributed by atoms with van der Waals surface area (Å²) >= 11 is 0. The third-order valence-corrected chi connectivity index (χ3v) is 3.01. The fraction of sp³-hybridized carbons (Fsp3) is 1.00. The second-order valence-electron chi connectivity index (χ2n) is 5.72. The van der Waals surface area contributed by atoms with Crippen LogP contribution < -0.4 is 5.32 Å². The van der Waals surface area contributed by atoms with E-state index in [9.17, 15) is 5.11 Å². The van der Waals surface area contributed by atoms with E-state index in [0.29, 0.717) is 11.5 Å². The lowest BCUT2D eigenvalue weighted by Gasteiger charge is -2.29. The van der Waals surface area contributed by atoms with E-state index in [1.54, 1.807) is 0 Å². The van der Waals surface area contributed by atoms with E-state index in [1.807, 2.05) is 0 Å². The van der Waals surface area contributed by atoms with Gasteiger partial charge in [0.15, 0.2) is 0 Å². The smallest absolute Gasteiger partial charge is 0.0693 e. The molecule has 0 saturated heterocycles. The molecule has 2 nitrogen and oxygen atoms in total. The first-order valence-corrected chi connectivity index (χ1v) is 5.90. The van der Waals surface area contributed by atoms with E-state index in [0.717, 1.165) is 19.4 Å². The average Bonchev–Trinajstić information content (AvgIpc) is 2.06. The van der Waals surface area contributed by atoms with E-state index in [1.165, 1.54) is 19.3 Å². The summed E-state index contributed by atoms with van der Waals surface area (Å²) in [6, 6.07) is 0.353. The van der Waals surface area contributed by atoms with Gasteiger partial charge >= 0.3 is 0 Å². The Morgan fingerprint density at radius 3 is 2.43 bits per heavy atom. The Morgan fingerprint density at radius 1 is 1.21 bits per heavy atom. The van der Waals surface area contributed by atoms with Crippen molar-refractivity contribution >= 4 is 0 Å². The highest BCUT2D eigenvalue weighted by atomic mass is 16.3. The summed E-state index contributed by atoms with van der Waals surface area (Å²) in [6.07, 6.45) is 5.65. The zero-order valence-corrected chi connectivity index (χ0v) is 9.84. The highest BCUT2D eigenvalue weighted by Gasteiger charge is 2.22. The first-order chi connectivity index (χ1) is 6.49. The molecular weight excluding hydrogens is 174 g/mol. The maximum atomic E-state index is 9.74. The predicted molar refractivity (Wildman–Crippen MR) is 60.3 cm³/mol. The van der Waals surface area contributed by atoms with Crippen molar-refractivity contribution in [2.75, 3.05) is 6.54 Å². The molecular formula is C12H25NO. The normalized spacial score (nSPS) is 29.1. The Labute approximate surface area is 88.1 Å². The molecule has 0 aromatic heterocycles. The zero-order valence-electron chi connectivity index (χ0n) is 9.84. The van der Waals surface area contributed by atoms with Crippen molar-refractivity contribution < 1.29 is 5.11 Å². The molecule has 0 unspecified atom stereocenters. The average molecular weight is 199 g/mol. The molecule has 2 N–H and O–H groups in total. The molecule has 0 amide bonds. The summed E-state index contributed by atoms with van der Waals surface area (Å²) in [4.78, 5) is 0. The van der Waals surface area contributed by atoms with E-state index in [4.69, 9.17) is 0 Å². The van der Waals surface area contributed by atoms with Gasteiger partial charge in [0.1, 0.15) is 0 Å². The van der Waals surface area contributed by atoms with Gasteiger partial charge in [0, 0.05) is 6.04 Å². The molecule has 1 aliphatic carbocycles. The van der Waals surface area contributed by atoms with E-state index >= 15 is 0 Å². The fourth-order valence-corrected chi connectivity index (χ4v) is 1.98. The first kappa shape index (κ1) is 12.0. The molecule has 84 valence electrons. The van der Waals surface area contributed by atoms with Crippen LogP contribution in [0.5, 0.6) is 0 Å². The minimum absolute atomic E-state index is 0.108. The largest absolute Gasteiger partial charge is 0.392 e. The molecule has 1 aliphatic rings. The topological polar surface area (TPSA) is 32.3 Å². The quantitative estimate of drug-likeness (QED) is 0.731. The summed E-state index contributed by atoms with van der Waals surface area (Å²) < 4.78 is 0. The van der Waals surface area contributed by atoms with Gasteiger partial charge in [-0.05, 0) is 31.2 Å². The van der Waals surface area contributed by atoms with Crippen molar-refractivity contribution in [3.05, 3.63) is 0 Å². The van der Waals surface area contributed by atoms with Crippen molar-refractivity contribution in [1.29, 1.82) is 0 Å². The number of hydrogen-bond donors (Lipinski definition) is 2. The Balaban J connectivity index is 2.17. The summed E-state index contributed by atoms with van der Waals surface area (Å²) in [5.74, 6) is 0. The number of nitrogens with one attached hydrogen (secondary N) is 1. The molecule has 14 heavy (non-hydrogen) atoms. The van der Waals surface area contributed by atoms with Gasteiger partial charge in [-0.1, -0.05) is 33.6 Å². The predicted octanol–water partition coefficient (Wildman–Crippen LogP) is 2.32. The van der Waals surface area contributed by atoms with Crippen molar-refractivity contribution in [3.63, 3.8) is 0 Å². The lowest BCUT2D eigenvalue weighted by Crippen LogP contribution is -2.43. The Hall–Kier alpha value is -0.0800. The van der Waals surface area contributed by atoms with Crippen molar-refractivity contribution in [2.24, 2.45) is 5.41 Å². The van der Waals surface area contributed by atoms with Gasteiger partial charge in [-0.15, -0.1) is 0 Å². The first-order valence-electron chi connectivity index (χ1n) is 5.90. The van der Waals surface area contributed by atoms with E-state index in [-0.39, 0.29) is 6.10 Å². The van der Waals surface area contributed by atoms with Gasteiger partial charge in [-0.25, -0.2) is 0 Å². The molecule has 2 heteroatoms. The fourth-order valence-electron chi connectivity index (χ4n) is 1.98. The van der Waals surface area contributed by atoms with Crippen molar-refractivity contribution in [1.82, 2.24) is 5.32 Å². The van der Waals surface area contributed by atoms with Crippen LogP contribution in [0.15, 0.2) is 0 Å². The minimum Gasteiger partial charge on any atom is -0.392 e. The highest BCUT2D eigenvalue weighted by molar-refractivity contribution is 4.80. The van der Waals surface area contributed by atoms with Crippen LogP contribution in [-0.4, -0.2) is 23.8 Å². The summed E-state index contributed by atoms with van der Waals surface area (Å²) in [5.41, 5.74) is 0.395. The van der Waals surface area contributed by atoms with Gasteiger partial charge in [0.25, 0.3) is 0 Å². The zero-order chi connectivity index (χ0) is 10.6. The summed E-state index contributed by atoms with van der Waals surface area (Å²) in [7, 11) is 0. The SMILES string of the molecule is CC(C)(C)CCN[C@@H]1CCCC[C@H]1O. The summed E-state index contributed by atoms with van der Waals surface area (Å²) in [6.45, 7) is 7.80. The maximum absolute atomic E-state index is 9.74. The Kier molecular flexibility index (Phi) is 4.39. The molecule has 0 bridgehead atoms. The second kappa shape index (κ2) is 5.13. The molecule has 1 fully saturated rings. The van der Waals surface area contributed by atoms with Crippen molar-refractivity contribution in [2.45, 2.75) is 65.0 Å². The molecule has 1 saturated carbocycles. The number of rotatable bonds is 3. The van der Waals surface area contributed by atoms with Gasteiger partial charge < -0.3 is 10.4 Å². The Bertz CT molecular complexity index is 162. The van der Waals surface area contributed by atoms with Crippen LogP contribution in [0, 0.1) is 5.41 Å². The lowest BCUT2D eigenvalue weighted by atomic mass is 9.90. The third-order valence-electron chi connectivity index (χ3n) is 3.01. The van der Waals surface area contributed by atoms with E-state index in [2.05, 4.69) is 26.1 Å². The molecule has 1 rings (SSSR count). The Morgan fingerprint density at radius 2 is 1.86 bits per heavy atom. The molecule has 0 spiro atoms. The second-order valence-corrected chi connectivity index (χ2v) is 5.72. The van der Waals surface area contributed by atoms with Crippen LogP contribution in [0.1, 0.15) is 52.9 Å². The van der Waals surface area contributed by atoms with Gasteiger partial charge in [-0.2, -0.15) is 0 Å². The summed E-state index contributed by atoms with van der Waals surface area (Å²) in [5, 5.41) is 13.2. The van der Waals surface area contributed by atoms with Crippen LogP contribution >= 0.6 is 0 Å². The lowest BCUT2D eigenvalue weighted by molar-refractivity contribution is 0.0895. The van der Waals surface area contributed by atoms with Crippen LogP contribution in [0.4, 0.5) is 0 Å². The molecule has 2 atom stereocenters.